The molecule has 0 bridgehead atoms. The largest absolute Gasteiger partial charge is 0.385 e. The second-order valence-corrected chi connectivity index (χ2v) is 6.32. The van der Waals surface area contributed by atoms with Crippen LogP contribution in [0.5, 0.6) is 0 Å². The first-order chi connectivity index (χ1) is 9.82. The molecule has 1 aliphatic rings. The van der Waals surface area contributed by atoms with Gasteiger partial charge in [-0.2, -0.15) is 0 Å². The molecule has 4 N–H and O–H groups in total. The fraction of sp³-hybridized carbons (Fsp3) is 0.625. The van der Waals surface area contributed by atoms with Gasteiger partial charge in [0.2, 0.25) is 0 Å². The summed E-state index contributed by atoms with van der Waals surface area (Å²) in [6.07, 6.45) is 3.35. The molecule has 2 rings (SSSR count). The first kappa shape index (κ1) is 15.6. The third-order valence-electron chi connectivity index (χ3n) is 4.88. The third kappa shape index (κ3) is 2.96. The molecule has 1 amide bonds. The van der Waals surface area contributed by atoms with Gasteiger partial charge in [0.25, 0.3) is 5.91 Å². The van der Waals surface area contributed by atoms with E-state index in [0.717, 1.165) is 12.8 Å². The van der Waals surface area contributed by atoms with E-state index < -0.39 is 0 Å². The lowest BCUT2D eigenvalue weighted by Gasteiger charge is -2.34. The van der Waals surface area contributed by atoms with Crippen LogP contribution < -0.4 is 11.1 Å². The number of aromatic amines is 1. The number of anilines is 1. The monoisotopic (exact) mass is 291 g/mol. The van der Waals surface area contributed by atoms with Gasteiger partial charge in [-0.05, 0) is 30.7 Å². The van der Waals surface area contributed by atoms with E-state index in [0.29, 0.717) is 28.7 Å². The Labute approximate surface area is 125 Å². The molecule has 21 heavy (non-hydrogen) atoms. The fourth-order valence-electron chi connectivity index (χ4n) is 3.29. The summed E-state index contributed by atoms with van der Waals surface area (Å²) < 4.78 is 0. The number of amides is 1. The van der Waals surface area contributed by atoms with E-state index >= 15 is 0 Å². The summed E-state index contributed by atoms with van der Waals surface area (Å²) >= 11 is 0. The van der Waals surface area contributed by atoms with Crippen molar-refractivity contribution in [2.45, 2.75) is 53.0 Å². The van der Waals surface area contributed by atoms with E-state index in [2.05, 4.69) is 24.1 Å². The molecule has 1 aromatic heterocycles. The van der Waals surface area contributed by atoms with Crippen LogP contribution in [-0.4, -0.2) is 22.7 Å². The van der Waals surface area contributed by atoms with Gasteiger partial charge in [-0.1, -0.05) is 26.7 Å². The summed E-state index contributed by atoms with van der Waals surface area (Å²) in [5, 5.41) is 3.10. The van der Waals surface area contributed by atoms with Crippen molar-refractivity contribution in [3.05, 3.63) is 16.8 Å². The van der Waals surface area contributed by atoms with Gasteiger partial charge in [-0.15, -0.1) is 0 Å². The van der Waals surface area contributed by atoms with Crippen molar-refractivity contribution in [3.8, 4) is 0 Å². The molecule has 0 saturated heterocycles. The normalized spacial score (nSPS) is 25.6. The maximum absolute atomic E-state index is 12.5. The van der Waals surface area contributed by atoms with Crippen LogP contribution in [0.15, 0.2) is 0 Å². The Bertz CT molecular complexity index is 562. The summed E-state index contributed by atoms with van der Waals surface area (Å²) in [5.74, 6) is 1.04. The maximum atomic E-state index is 12.5. The number of ketones is 1. The smallest absolute Gasteiger partial charge is 0.255 e. The Morgan fingerprint density at radius 3 is 2.52 bits per heavy atom. The molecule has 5 heteroatoms. The second kappa shape index (κ2) is 5.92. The Hall–Kier alpha value is -1.78. The zero-order chi connectivity index (χ0) is 15.7. The number of hydrogen-bond donors (Lipinski definition) is 3. The molecule has 116 valence electrons. The molecule has 0 spiro atoms. The van der Waals surface area contributed by atoms with E-state index in [1.54, 1.807) is 6.92 Å². The highest BCUT2D eigenvalue weighted by molar-refractivity contribution is 6.05. The zero-order valence-electron chi connectivity index (χ0n) is 13.2. The SMILES string of the molecule is CC(=O)c1[nH]c(N)c(C(=O)NC2CCCC(C)C2C)c1C. The van der Waals surface area contributed by atoms with Crippen LogP contribution >= 0.6 is 0 Å². The number of carbonyl (C=O) groups excluding carboxylic acids is 2. The molecule has 0 aliphatic heterocycles. The van der Waals surface area contributed by atoms with Crippen molar-refractivity contribution in [2.75, 3.05) is 5.73 Å². The van der Waals surface area contributed by atoms with Gasteiger partial charge in [-0.25, -0.2) is 0 Å². The first-order valence-electron chi connectivity index (χ1n) is 7.62. The lowest BCUT2D eigenvalue weighted by Crippen LogP contribution is -2.43. The predicted octanol–water partition coefficient (Wildman–Crippen LogP) is 2.66. The van der Waals surface area contributed by atoms with Crippen molar-refractivity contribution < 1.29 is 9.59 Å². The van der Waals surface area contributed by atoms with Crippen molar-refractivity contribution in [1.82, 2.24) is 10.3 Å². The molecule has 1 heterocycles. The van der Waals surface area contributed by atoms with E-state index in [1.807, 2.05) is 0 Å². The quantitative estimate of drug-likeness (QED) is 0.748. The van der Waals surface area contributed by atoms with Crippen molar-refractivity contribution in [2.24, 2.45) is 11.8 Å². The number of rotatable bonds is 3. The minimum atomic E-state index is -0.181. The minimum Gasteiger partial charge on any atom is -0.385 e. The highest BCUT2D eigenvalue weighted by Gasteiger charge is 2.30. The molecule has 3 atom stereocenters. The van der Waals surface area contributed by atoms with Gasteiger partial charge in [0.15, 0.2) is 5.78 Å². The summed E-state index contributed by atoms with van der Waals surface area (Å²) in [7, 11) is 0. The Balaban J connectivity index is 2.19. The van der Waals surface area contributed by atoms with Crippen LogP contribution in [0, 0.1) is 18.8 Å². The second-order valence-electron chi connectivity index (χ2n) is 6.32. The van der Waals surface area contributed by atoms with Crippen LogP contribution in [0.2, 0.25) is 0 Å². The Kier molecular flexibility index (Phi) is 4.40. The minimum absolute atomic E-state index is 0.113. The number of nitrogens with one attached hydrogen (secondary N) is 2. The maximum Gasteiger partial charge on any atom is 0.255 e. The van der Waals surface area contributed by atoms with Crippen LogP contribution in [-0.2, 0) is 0 Å². The highest BCUT2D eigenvalue weighted by atomic mass is 16.2. The molecule has 1 aromatic rings. The predicted molar refractivity (Wildman–Crippen MR) is 83.4 cm³/mol. The Morgan fingerprint density at radius 2 is 1.95 bits per heavy atom. The summed E-state index contributed by atoms with van der Waals surface area (Å²) in [4.78, 5) is 26.9. The average Bonchev–Trinajstić information content (AvgIpc) is 2.70. The van der Waals surface area contributed by atoms with Gasteiger partial charge >= 0.3 is 0 Å². The fourth-order valence-corrected chi connectivity index (χ4v) is 3.29. The lowest BCUT2D eigenvalue weighted by molar-refractivity contribution is 0.0891. The van der Waals surface area contributed by atoms with Crippen LogP contribution in [0.1, 0.15) is 66.4 Å². The number of carbonyl (C=O) groups is 2. The number of aromatic nitrogens is 1. The summed E-state index contributed by atoms with van der Waals surface area (Å²) in [6.45, 7) is 7.63. The van der Waals surface area contributed by atoms with Gasteiger partial charge in [0, 0.05) is 13.0 Å². The molecule has 3 unspecified atom stereocenters. The Morgan fingerprint density at radius 1 is 1.29 bits per heavy atom. The molecule has 5 nitrogen and oxygen atoms in total. The van der Waals surface area contributed by atoms with E-state index in [4.69, 9.17) is 5.73 Å². The van der Waals surface area contributed by atoms with Crippen LogP contribution in [0.3, 0.4) is 0 Å². The number of H-pyrrole nitrogens is 1. The molecule has 0 radical (unpaired) electrons. The number of nitrogens with two attached hydrogens (primary N) is 1. The van der Waals surface area contributed by atoms with Gasteiger partial charge in [0.05, 0.1) is 11.3 Å². The highest BCUT2D eigenvalue weighted by Crippen LogP contribution is 2.30. The number of nitrogen functional groups attached to an aromatic ring is 1. The molecule has 1 fully saturated rings. The third-order valence-corrected chi connectivity index (χ3v) is 4.88. The van der Waals surface area contributed by atoms with E-state index in [-0.39, 0.29) is 23.6 Å². The first-order valence-corrected chi connectivity index (χ1v) is 7.62. The van der Waals surface area contributed by atoms with Crippen molar-refractivity contribution >= 4 is 17.5 Å². The molecule has 0 aromatic carbocycles. The standard InChI is InChI=1S/C16H25N3O2/c1-8-6-5-7-12(9(8)2)18-16(21)13-10(3)14(11(4)20)19-15(13)17/h8-9,12,19H,5-7,17H2,1-4H3,(H,18,21). The van der Waals surface area contributed by atoms with E-state index in [1.165, 1.54) is 13.3 Å². The zero-order valence-corrected chi connectivity index (χ0v) is 13.2. The lowest BCUT2D eigenvalue weighted by atomic mass is 9.78. The summed E-state index contributed by atoms with van der Waals surface area (Å²) in [5.41, 5.74) is 7.34. The molecule has 1 saturated carbocycles. The number of hydrogen-bond acceptors (Lipinski definition) is 3. The summed E-state index contributed by atoms with van der Waals surface area (Å²) in [6, 6.07) is 0.177. The van der Waals surface area contributed by atoms with Crippen LogP contribution in [0.25, 0.3) is 0 Å². The molecular formula is C16H25N3O2. The van der Waals surface area contributed by atoms with Crippen molar-refractivity contribution in [1.29, 1.82) is 0 Å². The molecule has 1 aliphatic carbocycles. The average molecular weight is 291 g/mol. The van der Waals surface area contributed by atoms with E-state index in [9.17, 15) is 9.59 Å². The topological polar surface area (TPSA) is 88.0 Å². The van der Waals surface area contributed by atoms with Gasteiger partial charge < -0.3 is 16.0 Å². The number of Topliss-reactive ketones (excluding diaryl/α,β-unsaturated/α-hetero) is 1. The van der Waals surface area contributed by atoms with Gasteiger partial charge in [0.1, 0.15) is 5.82 Å². The van der Waals surface area contributed by atoms with Crippen molar-refractivity contribution in [3.63, 3.8) is 0 Å². The van der Waals surface area contributed by atoms with Crippen LogP contribution in [0.4, 0.5) is 5.82 Å². The van der Waals surface area contributed by atoms with Gasteiger partial charge in [-0.3, -0.25) is 9.59 Å². The molecular weight excluding hydrogens is 266 g/mol.